The molecular weight excluding hydrogens is 250 g/mol. The molecule has 0 unspecified atom stereocenters. The van der Waals surface area contributed by atoms with Crippen LogP contribution < -0.4 is 9.67 Å². The zero-order valence-electron chi connectivity index (χ0n) is 9.42. The van der Waals surface area contributed by atoms with E-state index < -0.39 is 0 Å². The lowest BCUT2D eigenvalue weighted by Crippen LogP contribution is -2.25. The number of hydrogen-bond donors (Lipinski definition) is 0. The Balaban J connectivity index is 2.14. The Kier molecular flexibility index (Phi) is 3.75. The monoisotopic (exact) mass is 259 g/mol. The van der Waals surface area contributed by atoms with Gasteiger partial charge in [-0.2, -0.15) is 4.57 Å². The third-order valence-electron chi connectivity index (χ3n) is 2.32. The molecule has 1 aromatic carbocycles. The third-order valence-corrected chi connectivity index (χ3v) is 2.57. The van der Waals surface area contributed by atoms with E-state index in [9.17, 15) is 9.90 Å². The van der Waals surface area contributed by atoms with Crippen LogP contribution in [-0.2, 0) is 0 Å². The van der Waals surface area contributed by atoms with Crippen molar-refractivity contribution in [1.82, 2.24) is 0 Å². The Morgan fingerprint density at radius 3 is 2.61 bits per heavy atom. The van der Waals surface area contributed by atoms with E-state index in [1.165, 1.54) is 22.9 Å². The lowest BCUT2D eigenvalue weighted by atomic mass is 10.1. The molecule has 0 bridgehead atoms. The van der Waals surface area contributed by atoms with Crippen molar-refractivity contribution in [3.8, 4) is 5.75 Å². The molecule has 0 fully saturated rings. The number of benzene rings is 1. The Morgan fingerprint density at radius 2 is 1.94 bits per heavy atom. The molecule has 0 aliphatic heterocycles. The van der Waals surface area contributed by atoms with Crippen molar-refractivity contribution in [2.24, 2.45) is 0 Å². The molecule has 1 heterocycles. The summed E-state index contributed by atoms with van der Waals surface area (Å²) in [6, 6.07) is 9.71. The van der Waals surface area contributed by atoms with Gasteiger partial charge in [0, 0.05) is 16.7 Å². The van der Waals surface area contributed by atoms with Crippen molar-refractivity contribution in [1.29, 1.82) is 0 Å². The summed E-state index contributed by atoms with van der Waals surface area (Å²) in [6.07, 6.45) is 6.03. The molecule has 0 amide bonds. The second kappa shape index (κ2) is 5.47. The van der Waals surface area contributed by atoms with E-state index in [4.69, 9.17) is 11.6 Å². The molecule has 0 aliphatic rings. The second-order valence-corrected chi connectivity index (χ2v) is 4.11. The summed E-state index contributed by atoms with van der Waals surface area (Å²) >= 11 is 5.74. The van der Waals surface area contributed by atoms with E-state index in [0.29, 0.717) is 10.6 Å². The predicted molar refractivity (Wildman–Crippen MR) is 67.2 cm³/mol. The minimum atomic E-state index is -0.143. The molecule has 3 nitrogen and oxygen atoms in total. The fourth-order valence-corrected chi connectivity index (χ4v) is 1.55. The maximum Gasteiger partial charge on any atom is 0.191 e. The smallest absolute Gasteiger partial charge is 0.191 e. The quantitative estimate of drug-likeness (QED) is 0.481. The van der Waals surface area contributed by atoms with Crippen LogP contribution in [0.5, 0.6) is 5.75 Å². The van der Waals surface area contributed by atoms with E-state index in [1.54, 1.807) is 42.7 Å². The van der Waals surface area contributed by atoms with E-state index >= 15 is 0 Å². The first-order valence-electron chi connectivity index (χ1n) is 5.31. The predicted octanol–water partition coefficient (Wildman–Crippen LogP) is 2.05. The summed E-state index contributed by atoms with van der Waals surface area (Å²) in [5.74, 6) is -0.253. The van der Waals surface area contributed by atoms with Crippen molar-refractivity contribution in [2.75, 3.05) is 0 Å². The number of halogens is 1. The summed E-state index contributed by atoms with van der Waals surface area (Å²) in [6.45, 7) is 0. The number of hydrogen-bond acceptors (Lipinski definition) is 2. The molecule has 0 aliphatic carbocycles. The first-order valence-corrected chi connectivity index (χ1v) is 5.69. The molecule has 90 valence electrons. The molecule has 2 aromatic rings. The molecule has 1 aromatic heterocycles. The summed E-state index contributed by atoms with van der Waals surface area (Å²) in [5.41, 5.74) is 0.550. The van der Waals surface area contributed by atoms with Crippen LogP contribution in [0.2, 0.25) is 5.02 Å². The van der Waals surface area contributed by atoms with Gasteiger partial charge >= 0.3 is 0 Å². The topological polar surface area (TPSA) is 44.0 Å². The van der Waals surface area contributed by atoms with Gasteiger partial charge < -0.3 is 5.11 Å². The van der Waals surface area contributed by atoms with E-state index in [1.807, 2.05) is 0 Å². The lowest BCUT2D eigenvalue weighted by Gasteiger charge is -1.99. The summed E-state index contributed by atoms with van der Waals surface area (Å²) in [5, 5.41) is 11.7. The minimum Gasteiger partial charge on any atom is -0.868 e. The number of allylic oxidation sites excluding steroid dienone is 1. The van der Waals surface area contributed by atoms with Gasteiger partial charge in [-0.3, -0.25) is 4.79 Å². The molecule has 0 atom stereocenters. The first-order chi connectivity index (χ1) is 8.65. The first kappa shape index (κ1) is 12.3. The Hall–Kier alpha value is -2.13. The highest BCUT2D eigenvalue weighted by Gasteiger charge is 2.02. The van der Waals surface area contributed by atoms with Gasteiger partial charge in [-0.25, -0.2) is 0 Å². The number of carbonyl (C=O) groups is 1. The highest BCUT2D eigenvalue weighted by atomic mass is 35.5. The fourth-order valence-electron chi connectivity index (χ4n) is 1.43. The van der Waals surface area contributed by atoms with E-state index in [-0.39, 0.29) is 11.5 Å². The molecular formula is C14H10ClNO2. The maximum atomic E-state index is 11.8. The van der Waals surface area contributed by atoms with Crippen LogP contribution in [0.3, 0.4) is 0 Å². The van der Waals surface area contributed by atoms with Crippen molar-refractivity contribution >= 4 is 23.6 Å². The Morgan fingerprint density at radius 1 is 1.22 bits per heavy atom. The van der Waals surface area contributed by atoms with Crippen LogP contribution in [0.25, 0.3) is 6.20 Å². The van der Waals surface area contributed by atoms with Gasteiger partial charge in [0.25, 0.3) is 0 Å². The summed E-state index contributed by atoms with van der Waals surface area (Å²) < 4.78 is 1.54. The number of aromatic nitrogens is 1. The zero-order chi connectivity index (χ0) is 13.0. The molecule has 0 saturated heterocycles. The van der Waals surface area contributed by atoms with E-state index in [0.717, 1.165) is 0 Å². The standard InChI is InChI=1S/C14H10ClNO2/c15-12-5-3-11(4-6-12)14(18)7-9-16-8-1-2-13(17)10-16/h1-10H. The zero-order valence-corrected chi connectivity index (χ0v) is 10.2. The van der Waals surface area contributed by atoms with Crippen LogP contribution >= 0.6 is 11.6 Å². The summed E-state index contributed by atoms with van der Waals surface area (Å²) in [7, 11) is 0. The highest BCUT2D eigenvalue weighted by Crippen LogP contribution is 2.10. The maximum absolute atomic E-state index is 11.8. The lowest BCUT2D eigenvalue weighted by molar-refractivity contribution is -0.572. The normalized spacial score (nSPS) is 10.7. The SMILES string of the molecule is O=C(C=C[n+]1cccc([O-])c1)c1ccc(Cl)cc1. The molecule has 0 spiro atoms. The van der Waals surface area contributed by atoms with Crippen LogP contribution in [0.1, 0.15) is 10.4 Å². The van der Waals surface area contributed by atoms with Gasteiger partial charge in [0.15, 0.2) is 24.4 Å². The highest BCUT2D eigenvalue weighted by molar-refractivity contribution is 6.30. The number of ketones is 1. The van der Waals surface area contributed by atoms with Crippen LogP contribution in [0.4, 0.5) is 0 Å². The van der Waals surface area contributed by atoms with Crippen LogP contribution in [-0.4, -0.2) is 5.78 Å². The molecule has 4 heteroatoms. The number of rotatable bonds is 3. The average molecular weight is 260 g/mol. The number of nitrogens with zero attached hydrogens (tertiary/aromatic N) is 1. The average Bonchev–Trinajstić information content (AvgIpc) is 2.37. The fraction of sp³-hybridized carbons (Fsp3) is 0. The van der Waals surface area contributed by atoms with Gasteiger partial charge in [0.1, 0.15) is 0 Å². The Labute approximate surface area is 110 Å². The van der Waals surface area contributed by atoms with Gasteiger partial charge in [-0.05, 0) is 30.0 Å². The molecule has 18 heavy (non-hydrogen) atoms. The molecule has 0 radical (unpaired) electrons. The molecule has 0 N–H and O–H groups in total. The molecule has 2 rings (SSSR count). The Bertz CT molecular complexity index is 591. The van der Waals surface area contributed by atoms with Gasteiger partial charge in [-0.1, -0.05) is 17.7 Å². The van der Waals surface area contributed by atoms with Crippen molar-refractivity contribution in [3.63, 3.8) is 0 Å². The largest absolute Gasteiger partial charge is 0.868 e. The summed E-state index contributed by atoms with van der Waals surface area (Å²) in [4.78, 5) is 11.8. The van der Waals surface area contributed by atoms with Crippen molar-refractivity contribution in [3.05, 3.63) is 65.5 Å². The van der Waals surface area contributed by atoms with Gasteiger partial charge in [-0.15, -0.1) is 0 Å². The van der Waals surface area contributed by atoms with Crippen LogP contribution in [0.15, 0.2) is 54.9 Å². The van der Waals surface area contributed by atoms with Crippen LogP contribution in [0, 0.1) is 0 Å². The molecule has 0 saturated carbocycles. The van der Waals surface area contributed by atoms with E-state index in [2.05, 4.69) is 0 Å². The van der Waals surface area contributed by atoms with Gasteiger partial charge in [0.2, 0.25) is 0 Å². The van der Waals surface area contributed by atoms with Crippen molar-refractivity contribution in [2.45, 2.75) is 0 Å². The van der Waals surface area contributed by atoms with Crippen molar-refractivity contribution < 1.29 is 14.5 Å². The second-order valence-electron chi connectivity index (χ2n) is 3.67. The minimum absolute atomic E-state index is 0.110. The number of pyridine rings is 1. The van der Waals surface area contributed by atoms with Gasteiger partial charge in [0.05, 0.1) is 6.08 Å². The third kappa shape index (κ3) is 3.18. The number of carbonyl (C=O) groups excluding carboxylic acids is 1.